The Balaban J connectivity index is 2.13. The second-order valence-corrected chi connectivity index (χ2v) is 6.51. The lowest BCUT2D eigenvalue weighted by Gasteiger charge is -2.28. The van der Waals surface area contributed by atoms with Crippen molar-refractivity contribution >= 4 is 15.7 Å². The third-order valence-electron chi connectivity index (χ3n) is 2.83. The van der Waals surface area contributed by atoms with Crippen molar-refractivity contribution in [1.29, 1.82) is 0 Å². The van der Waals surface area contributed by atoms with E-state index >= 15 is 0 Å². The second-order valence-electron chi connectivity index (χ2n) is 4.49. The van der Waals surface area contributed by atoms with Gasteiger partial charge in [-0.1, -0.05) is 0 Å². The van der Waals surface area contributed by atoms with Gasteiger partial charge in [-0.15, -0.1) is 0 Å². The van der Waals surface area contributed by atoms with Crippen LogP contribution in [-0.2, 0) is 16.4 Å². The fourth-order valence-electron chi connectivity index (χ4n) is 1.71. The number of rotatable bonds is 4. The van der Waals surface area contributed by atoms with E-state index in [0.29, 0.717) is 10.6 Å². The summed E-state index contributed by atoms with van der Waals surface area (Å²) >= 11 is 0. The number of benzene rings is 1. The number of pyridine rings is 1. The summed E-state index contributed by atoms with van der Waals surface area (Å²) in [6, 6.07) is 8.56. The Morgan fingerprint density at radius 3 is 2.24 bits per heavy atom. The van der Waals surface area contributed by atoms with E-state index in [-0.39, 0.29) is 17.0 Å². The van der Waals surface area contributed by atoms with Crippen molar-refractivity contribution < 1.29 is 13.2 Å². The molecule has 21 heavy (non-hydrogen) atoms. The third kappa shape index (κ3) is 3.87. The number of hydrogen-bond acceptors (Lipinski definition) is 5. The van der Waals surface area contributed by atoms with Gasteiger partial charge in [0.15, 0.2) is 9.84 Å². The number of hydroxylamine groups is 2. The number of sulfone groups is 1. The summed E-state index contributed by atoms with van der Waals surface area (Å²) < 4.78 is 22.7. The molecule has 110 valence electrons. The zero-order valence-electron chi connectivity index (χ0n) is 11.3. The first kappa shape index (κ1) is 15.1. The standard InChI is InChI=1S/C14H13N2O4S/c1-21(19,20)13-4-2-12(3-5-13)14(17)16(18)10-11-6-8-15-9-7-11/h2-9H,10H2,1H3/q-1. The van der Waals surface area contributed by atoms with Crippen molar-refractivity contribution in [2.24, 2.45) is 0 Å². The first-order valence-electron chi connectivity index (χ1n) is 6.06. The lowest BCUT2D eigenvalue weighted by atomic mass is 10.2. The van der Waals surface area contributed by atoms with E-state index in [9.17, 15) is 18.4 Å². The van der Waals surface area contributed by atoms with Crippen LogP contribution < -0.4 is 0 Å². The Kier molecular flexibility index (Phi) is 4.35. The quantitative estimate of drug-likeness (QED) is 0.801. The van der Waals surface area contributed by atoms with Gasteiger partial charge in [0.25, 0.3) is 0 Å². The molecule has 1 aromatic heterocycles. The Bertz CT molecular complexity index is 727. The summed E-state index contributed by atoms with van der Waals surface area (Å²) in [6.45, 7) is -0.0881. The summed E-state index contributed by atoms with van der Waals surface area (Å²) in [4.78, 5) is 15.9. The molecule has 1 amide bonds. The van der Waals surface area contributed by atoms with Gasteiger partial charge < -0.3 is 10.3 Å². The van der Waals surface area contributed by atoms with Gasteiger partial charge in [-0.3, -0.25) is 9.78 Å². The highest BCUT2D eigenvalue weighted by atomic mass is 32.2. The van der Waals surface area contributed by atoms with Crippen LogP contribution in [0.5, 0.6) is 0 Å². The summed E-state index contributed by atoms with van der Waals surface area (Å²) in [7, 11) is -3.32. The fourth-order valence-corrected chi connectivity index (χ4v) is 2.34. The van der Waals surface area contributed by atoms with Gasteiger partial charge in [-0.2, -0.15) is 0 Å². The van der Waals surface area contributed by atoms with Gasteiger partial charge in [0.2, 0.25) is 5.91 Å². The summed E-state index contributed by atoms with van der Waals surface area (Å²) in [6.07, 6.45) is 4.15. The van der Waals surface area contributed by atoms with E-state index in [1.165, 1.54) is 36.7 Å². The number of carbonyl (C=O) groups is 1. The molecular formula is C14H13N2O4S-. The molecule has 7 heteroatoms. The van der Waals surface area contributed by atoms with Gasteiger partial charge in [0, 0.05) is 30.8 Å². The molecule has 0 aliphatic rings. The molecule has 0 radical (unpaired) electrons. The molecule has 0 saturated carbocycles. The predicted molar refractivity (Wildman–Crippen MR) is 77.0 cm³/mol. The molecule has 0 fully saturated rings. The minimum Gasteiger partial charge on any atom is -0.756 e. The Labute approximate surface area is 122 Å². The highest BCUT2D eigenvalue weighted by molar-refractivity contribution is 7.90. The van der Waals surface area contributed by atoms with Crippen molar-refractivity contribution in [3.8, 4) is 0 Å². The molecule has 0 saturated heterocycles. The van der Waals surface area contributed by atoms with Crippen LogP contribution in [0.1, 0.15) is 15.9 Å². The average Bonchev–Trinajstić information content (AvgIpc) is 2.46. The van der Waals surface area contributed by atoms with Crippen LogP contribution in [0, 0.1) is 5.21 Å². The minimum atomic E-state index is -3.32. The van der Waals surface area contributed by atoms with Crippen LogP contribution in [0.15, 0.2) is 53.7 Å². The van der Waals surface area contributed by atoms with Crippen molar-refractivity contribution in [3.05, 3.63) is 65.1 Å². The van der Waals surface area contributed by atoms with E-state index in [1.807, 2.05) is 0 Å². The van der Waals surface area contributed by atoms with E-state index < -0.39 is 15.7 Å². The van der Waals surface area contributed by atoms with Crippen LogP contribution in [-0.4, -0.2) is 30.6 Å². The molecular weight excluding hydrogens is 292 g/mol. The molecule has 1 aromatic carbocycles. The zero-order valence-corrected chi connectivity index (χ0v) is 12.1. The van der Waals surface area contributed by atoms with Gasteiger partial charge in [-0.25, -0.2) is 8.42 Å². The van der Waals surface area contributed by atoms with Crippen molar-refractivity contribution in [2.45, 2.75) is 11.4 Å². The maximum atomic E-state index is 12.0. The zero-order chi connectivity index (χ0) is 15.5. The number of aromatic nitrogens is 1. The summed E-state index contributed by atoms with van der Waals surface area (Å²) in [5, 5.41) is 12.1. The van der Waals surface area contributed by atoms with Crippen molar-refractivity contribution in [3.63, 3.8) is 0 Å². The first-order chi connectivity index (χ1) is 9.88. The van der Waals surface area contributed by atoms with Gasteiger partial charge in [0.05, 0.1) is 4.90 Å². The molecule has 1 heterocycles. The molecule has 2 rings (SSSR count). The van der Waals surface area contributed by atoms with Gasteiger partial charge >= 0.3 is 0 Å². The van der Waals surface area contributed by atoms with Crippen LogP contribution in [0.25, 0.3) is 0 Å². The highest BCUT2D eigenvalue weighted by Gasteiger charge is 2.11. The topological polar surface area (TPSA) is 90.4 Å². The fraction of sp³-hybridized carbons (Fsp3) is 0.143. The lowest BCUT2D eigenvalue weighted by Crippen LogP contribution is -2.24. The third-order valence-corrected chi connectivity index (χ3v) is 3.96. The smallest absolute Gasteiger partial charge is 0.243 e. The molecule has 6 nitrogen and oxygen atoms in total. The monoisotopic (exact) mass is 305 g/mol. The molecule has 0 spiro atoms. The SMILES string of the molecule is CS(=O)(=O)c1ccc(C(=O)N([O-])Cc2ccncc2)cc1. The largest absolute Gasteiger partial charge is 0.756 e. The Hall–Kier alpha value is -2.25. The second kappa shape index (κ2) is 6.02. The summed E-state index contributed by atoms with van der Waals surface area (Å²) in [5.41, 5.74) is 0.813. The maximum absolute atomic E-state index is 12.0. The Morgan fingerprint density at radius 1 is 1.14 bits per heavy atom. The normalized spacial score (nSPS) is 11.1. The molecule has 0 bridgehead atoms. The van der Waals surface area contributed by atoms with Crippen molar-refractivity contribution in [1.82, 2.24) is 10.0 Å². The average molecular weight is 305 g/mol. The van der Waals surface area contributed by atoms with E-state index in [4.69, 9.17) is 0 Å². The number of nitrogens with zero attached hydrogens (tertiary/aromatic N) is 2. The molecule has 0 N–H and O–H groups in total. The van der Waals surface area contributed by atoms with Crippen LogP contribution >= 0.6 is 0 Å². The van der Waals surface area contributed by atoms with E-state index in [2.05, 4.69) is 4.98 Å². The van der Waals surface area contributed by atoms with Crippen LogP contribution in [0.3, 0.4) is 0 Å². The lowest BCUT2D eigenvalue weighted by molar-refractivity contribution is 0.0814. The molecule has 0 unspecified atom stereocenters. The van der Waals surface area contributed by atoms with Crippen LogP contribution in [0.2, 0.25) is 0 Å². The first-order valence-corrected chi connectivity index (χ1v) is 7.95. The van der Waals surface area contributed by atoms with Crippen molar-refractivity contribution in [2.75, 3.05) is 6.26 Å². The van der Waals surface area contributed by atoms with E-state index in [0.717, 1.165) is 6.26 Å². The number of carbonyl (C=O) groups excluding carboxylic acids is 1. The van der Waals surface area contributed by atoms with Gasteiger partial charge in [-0.05, 0) is 42.0 Å². The number of hydrogen-bond donors (Lipinski definition) is 0. The highest BCUT2D eigenvalue weighted by Crippen LogP contribution is 2.13. The number of amides is 1. The summed E-state index contributed by atoms with van der Waals surface area (Å²) in [5.74, 6) is -0.716. The van der Waals surface area contributed by atoms with Gasteiger partial charge in [0.1, 0.15) is 0 Å². The molecule has 0 aliphatic heterocycles. The maximum Gasteiger partial charge on any atom is 0.243 e. The van der Waals surface area contributed by atoms with E-state index in [1.54, 1.807) is 12.1 Å². The molecule has 2 aromatic rings. The molecule has 0 aliphatic carbocycles. The predicted octanol–water partition coefficient (Wildman–Crippen LogP) is 1.63. The minimum absolute atomic E-state index is 0.0881. The van der Waals surface area contributed by atoms with Crippen LogP contribution in [0.4, 0.5) is 0 Å². The Morgan fingerprint density at radius 2 is 1.71 bits per heavy atom. The molecule has 0 atom stereocenters.